The third-order valence-corrected chi connectivity index (χ3v) is 4.15. The molecule has 0 spiro atoms. The maximum Gasteiger partial charge on any atom is 0.347 e. The largest absolute Gasteiger partial charge is 0.350 e. The molecule has 2 amide bonds. The molecule has 1 N–H and O–H groups in total. The summed E-state index contributed by atoms with van der Waals surface area (Å²) in [5.74, 6) is 1.00. The highest BCUT2D eigenvalue weighted by Crippen LogP contribution is 2.21. The van der Waals surface area contributed by atoms with Crippen LogP contribution in [0, 0.1) is 13.8 Å². The summed E-state index contributed by atoms with van der Waals surface area (Å²) >= 11 is 1.64. The van der Waals surface area contributed by atoms with Gasteiger partial charge < -0.3 is 10.2 Å². The zero-order valence-electron chi connectivity index (χ0n) is 11.6. The lowest BCUT2D eigenvalue weighted by atomic mass is 10.1. The van der Waals surface area contributed by atoms with Gasteiger partial charge in [-0.25, -0.2) is 4.79 Å². The molecule has 1 fully saturated rings. The molecule has 1 saturated heterocycles. The molecule has 1 aromatic carbocycles. The second-order valence-electron chi connectivity index (χ2n) is 4.52. The van der Waals surface area contributed by atoms with Crippen molar-refractivity contribution in [2.75, 3.05) is 24.2 Å². The van der Waals surface area contributed by atoms with Crippen molar-refractivity contribution >= 4 is 28.6 Å². The number of carbonyl (C=O) groups is 1. The number of hydrogen-bond donors (Lipinski definition) is 1. The number of aliphatic imine (C=N–C) groups is 1. The van der Waals surface area contributed by atoms with Crippen LogP contribution in [0.3, 0.4) is 0 Å². The maximum absolute atomic E-state index is 12.0. The Kier molecular flexibility index (Phi) is 4.47. The second kappa shape index (κ2) is 6.10. The highest BCUT2D eigenvalue weighted by molar-refractivity contribution is 8.14. The molecular formula is C14H19N3OS. The van der Waals surface area contributed by atoms with Crippen LogP contribution in [0.15, 0.2) is 23.2 Å². The highest BCUT2D eigenvalue weighted by Gasteiger charge is 2.19. The number of para-hydroxylation sites is 1. The van der Waals surface area contributed by atoms with E-state index in [1.165, 1.54) is 0 Å². The van der Waals surface area contributed by atoms with Crippen LogP contribution in [-0.2, 0) is 0 Å². The Morgan fingerprint density at radius 2 is 2.11 bits per heavy atom. The minimum Gasteiger partial charge on any atom is -0.350 e. The number of nitrogens with one attached hydrogen (secondary N) is 1. The number of nitrogens with zero attached hydrogens (tertiary/aromatic N) is 2. The maximum atomic E-state index is 12.0. The first-order chi connectivity index (χ1) is 9.11. The molecule has 0 aromatic heterocycles. The summed E-state index contributed by atoms with van der Waals surface area (Å²) in [6, 6.07) is 5.66. The standard InChI is InChI=1S/C14H19N3OS/c1-4-17-8-9-19-14(17)16-13(18)15-12-10(2)6-5-7-11(12)3/h5-7H,4,8-9H2,1-3H3,(H,15,18). The zero-order valence-corrected chi connectivity index (χ0v) is 12.4. The van der Waals surface area contributed by atoms with E-state index in [1.807, 2.05) is 32.0 Å². The average Bonchev–Trinajstić information content (AvgIpc) is 2.81. The van der Waals surface area contributed by atoms with E-state index in [4.69, 9.17) is 0 Å². The lowest BCUT2D eigenvalue weighted by Gasteiger charge is -2.14. The summed E-state index contributed by atoms with van der Waals surface area (Å²) in [5.41, 5.74) is 2.97. The SMILES string of the molecule is CCN1CCSC1=NC(=O)Nc1c(C)cccc1C. The number of aryl methyl sites for hydroxylation is 2. The summed E-state index contributed by atoms with van der Waals surface area (Å²) in [6.07, 6.45) is 0. The topological polar surface area (TPSA) is 44.7 Å². The minimum absolute atomic E-state index is 0.291. The van der Waals surface area contributed by atoms with Gasteiger partial charge in [0.2, 0.25) is 0 Å². The summed E-state index contributed by atoms with van der Waals surface area (Å²) in [5, 5.41) is 3.71. The summed E-state index contributed by atoms with van der Waals surface area (Å²) < 4.78 is 0. The molecular weight excluding hydrogens is 258 g/mol. The Morgan fingerprint density at radius 1 is 1.42 bits per heavy atom. The monoisotopic (exact) mass is 277 g/mol. The molecule has 0 saturated carbocycles. The first kappa shape index (κ1) is 13.9. The van der Waals surface area contributed by atoms with Gasteiger partial charge in [-0.2, -0.15) is 4.99 Å². The van der Waals surface area contributed by atoms with Crippen LogP contribution in [0.2, 0.25) is 0 Å². The van der Waals surface area contributed by atoms with Gasteiger partial charge >= 0.3 is 6.03 Å². The van der Waals surface area contributed by atoms with Gasteiger partial charge in [0.05, 0.1) is 0 Å². The molecule has 0 bridgehead atoms. The number of thioether (sulfide) groups is 1. The van der Waals surface area contributed by atoms with Crippen LogP contribution in [0.4, 0.5) is 10.5 Å². The first-order valence-corrected chi connectivity index (χ1v) is 7.44. The van der Waals surface area contributed by atoms with Crippen molar-refractivity contribution in [3.63, 3.8) is 0 Å². The van der Waals surface area contributed by atoms with Crippen LogP contribution < -0.4 is 5.32 Å². The van der Waals surface area contributed by atoms with Gasteiger partial charge in [-0.3, -0.25) is 0 Å². The lowest BCUT2D eigenvalue weighted by Crippen LogP contribution is -2.25. The molecule has 1 aromatic rings. The van der Waals surface area contributed by atoms with Crippen molar-refractivity contribution in [3.05, 3.63) is 29.3 Å². The molecule has 102 valence electrons. The fourth-order valence-corrected chi connectivity index (χ4v) is 3.11. The van der Waals surface area contributed by atoms with E-state index in [0.717, 1.165) is 40.8 Å². The molecule has 1 aliphatic rings. The number of anilines is 1. The fraction of sp³-hybridized carbons (Fsp3) is 0.429. The van der Waals surface area contributed by atoms with E-state index in [0.29, 0.717) is 0 Å². The van der Waals surface area contributed by atoms with Gasteiger partial charge in [-0.05, 0) is 31.9 Å². The van der Waals surface area contributed by atoms with E-state index in [-0.39, 0.29) is 6.03 Å². The van der Waals surface area contributed by atoms with Gasteiger partial charge in [-0.1, -0.05) is 30.0 Å². The van der Waals surface area contributed by atoms with Crippen LogP contribution in [0.5, 0.6) is 0 Å². The summed E-state index contributed by atoms with van der Waals surface area (Å²) in [7, 11) is 0. The molecule has 1 heterocycles. The summed E-state index contributed by atoms with van der Waals surface area (Å²) in [6.45, 7) is 7.90. The van der Waals surface area contributed by atoms with E-state index in [2.05, 4.69) is 22.1 Å². The average molecular weight is 277 g/mol. The Balaban J connectivity index is 2.11. The van der Waals surface area contributed by atoms with Crippen molar-refractivity contribution in [1.29, 1.82) is 0 Å². The van der Waals surface area contributed by atoms with Gasteiger partial charge in [0.15, 0.2) is 5.17 Å². The number of benzene rings is 1. The summed E-state index contributed by atoms with van der Waals surface area (Å²) in [4.78, 5) is 18.3. The molecule has 4 nitrogen and oxygen atoms in total. The van der Waals surface area contributed by atoms with Crippen molar-refractivity contribution < 1.29 is 4.79 Å². The van der Waals surface area contributed by atoms with E-state index >= 15 is 0 Å². The number of rotatable bonds is 2. The van der Waals surface area contributed by atoms with E-state index in [9.17, 15) is 4.79 Å². The van der Waals surface area contributed by atoms with Crippen molar-refractivity contribution in [2.45, 2.75) is 20.8 Å². The van der Waals surface area contributed by atoms with Gasteiger partial charge in [-0.15, -0.1) is 0 Å². The third-order valence-electron chi connectivity index (χ3n) is 3.15. The first-order valence-electron chi connectivity index (χ1n) is 6.45. The number of urea groups is 1. The van der Waals surface area contributed by atoms with E-state index < -0.39 is 0 Å². The number of hydrogen-bond acceptors (Lipinski definition) is 2. The highest BCUT2D eigenvalue weighted by atomic mass is 32.2. The number of amidine groups is 1. The zero-order chi connectivity index (χ0) is 13.8. The Labute approximate surface area is 118 Å². The van der Waals surface area contributed by atoms with E-state index in [1.54, 1.807) is 11.8 Å². The molecule has 0 unspecified atom stereocenters. The Morgan fingerprint density at radius 3 is 2.74 bits per heavy atom. The molecule has 5 heteroatoms. The molecule has 19 heavy (non-hydrogen) atoms. The predicted molar refractivity (Wildman–Crippen MR) is 82.1 cm³/mol. The molecule has 0 radical (unpaired) electrons. The molecule has 2 rings (SSSR count). The van der Waals surface area contributed by atoms with Crippen molar-refractivity contribution in [1.82, 2.24) is 4.90 Å². The fourth-order valence-electron chi connectivity index (χ4n) is 2.06. The molecule has 1 aliphatic heterocycles. The second-order valence-corrected chi connectivity index (χ2v) is 5.58. The van der Waals surface area contributed by atoms with Crippen LogP contribution in [0.25, 0.3) is 0 Å². The molecule has 0 aliphatic carbocycles. The molecule has 0 atom stereocenters. The van der Waals surface area contributed by atoms with Crippen molar-refractivity contribution in [2.24, 2.45) is 4.99 Å². The lowest BCUT2D eigenvalue weighted by molar-refractivity contribution is 0.259. The third kappa shape index (κ3) is 3.29. The van der Waals surface area contributed by atoms with Gasteiger partial charge in [0.1, 0.15) is 0 Å². The predicted octanol–water partition coefficient (Wildman–Crippen LogP) is 3.26. The Bertz CT molecular complexity index is 493. The smallest absolute Gasteiger partial charge is 0.347 e. The van der Waals surface area contributed by atoms with Crippen LogP contribution in [0.1, 0.15) is 18.1 Å². The van der Waals surface area contributed by atoms with Crippen molar-refractivity contribution in [3.8, 4) is 0 Å². The number of carbonyl (C=O) groups excluding carboxylic acids is 1. The normalized spacial score (nSPS) is 17.0. The van der Waals surface area contributed by atoms with Crippen LogP contribution in [-0.4, -0.2) is 34.9 Å². The van der Waals surface area contributed by atoms with Gasteiger partial charge in [0, 0.05) is 24.5 Å². The quantitative estimate of drug-likeness (QED) is 0.902. The van der Waals surface area contributed by atoms with Gasteiger partial charge in [0.25, 0.3) is 0 Å². The number of amides is 2. The Hall–Kier alpha value is -1.49. The minimum atomic E-state index is -0.291. The van der Waals surface area contributed by atoms with Crippen LogP contribution >= 0.6 is 11.8 Å².